The van der Waals surface area contributed by atoms with E-state index < -0.39 is 0 Å². The van der Waals surface area contributed by atoms with Crippen LogP contribution in [0.25, 0.3) is 93.2 Å². The second-order valence-electron chi connectivity index (χ2n) is 16.2. The molecule has 0 aliphatic carbocycles. The molecule has 0 radical (unpaired) electrons. The van der Waals surface area contributed by atoms with Gasteiger partial charge in [0.25, 0.3) is 0 Å². The Bertz CT molecular complexity index is 3600. The van der Waals surface area contributed by atoms with Crippen molar-refractivity contribution in [1.82, 2.24) is 4.57 Å². The number of anilines is 3. The smallest absolute Gasteiger partial charge is 0.0547 e. The molecule has 0 bridgehead atoms. The Labute approximate surface area is 360 Å². The SMILES string of the molecule is c1ccc(-c2ccc(N(c3ccc(-c4ccc5c(ccc6ccccc65)c4)cc3)c3cccc(-c4cccc5c4c4cc6ccccc6cc4n5-c4ccccc4)c3)cc2)cc1. The third-order valence-electron chi connectivity index (χ3n) is 12.5. The van der Waals surface area contributed by atoms with Crippen molar-refractivity contribution in [3.8, 4) is 39.1 Å². The summed E-state index contributed by atoms with van der Waals surface area (Å²) in [4.78, 5) is 2.38. The average molecular weight is 789 g/mol. The Morgan fingerprint density at radius 2 is 0.839 bits per heavy atom. The molecule has 0 atom stereocenters. The number of benzene rings is 11. The summed E-state index contributed by atoms with van der Waals surface area (Å²) in [5.74, 6) is 0. The molecule has 2 nitrogen and oxygen atoms in total. The van der Waals surface area contributed by atoms with Crippen LogP contribution < -0.4 is 4.90 Å². The second-order valence-corrected chi connectivity index (χ2v) is 16.2. The molecule has 0 aliphatic rings. The van der Waals surface area contributed by atoms with Gasteiger partial charge in [0, 0.05) is 33.5 Å². The van der Waals surface area contributed by atoms with Crippen LogP contribution in [0.2, 0.25) is 0 Å². The first-order chi connectivity index (χ1) is 30.7. The van der Waals surface area contributed by atoms with E-state index in [2.05, 4.69) is 252 Å². The third kappa shape index (κ3) is 6.12. The van der Waals surface area contributed by atoms with Crippen molar-refractivity contribution in [2.75, 3.05) is 4.90 Å². The van der Waals surface area contributed by atoms with Gasteiger partial charge in [-0.15, -0.1) is 0 Å². The van der Waals surface area contributed by atoms with Gasteiger partial charge in [0.05, 0.1) is 11.0 Å². The summed E-state index contributed by atoms with van der Waals surface area (Å²) in [6.07, 6.45) is 0. The highest BCUT2D eigenvalue weighted by Crippen LogP contribution is 2.43. The van der Waals surface area contributed by atoms with Crippen molar-refractivity contribution in [1.29, 1.82) is 0 Å². The van der Waals surface area contributed by atoms with Gasteiger partial charge in [0.15, 0.2) is 0 Å². The number of rotatable bonds is 7. The predicted octanol–water partition coefficient (Wildman–Crippen LogP) is 16.7. The van der Waals surface area contributed by atoms with Gasteiger partial charge in [0.1, 0.15) is 0 Å². The lowest BCUT2D eigenvalue weighted by molar-refractivity contribution is 1.18. The summed E-state index contributed by atoms with van der Waals surface area (Å²) in [6, 6.07) is 88.5. The number of hydrogen-bond donors (Lipinski definition) is 0. The molecule has 12 rings (SSSR count). The summed E-state index contributed by atoms with van der Waals surface area (Å²) >= 11 is 0. The normalized spacial score (nSPS) is 11.5. The van der Waals surface area contributed by atoms with E-state index in [0.29, 0.717) is 0 Å². The van der Waals surface area contributed by atoms with E-state index in [1.165, 1.54) is 87.5 Å². The average Bonchev–Trinajstić information content (AvgIpc) is 3.67. The monoisotopic (exact) mass is 788 g/mol. The van der Waals surface area contributed by atoms with Gasteiger partial charge < -0.3 is 9.47 Å². The maximum atomic E-state index is 2.42. The molecule has 0 saturated carbocycles. The molecular formula is C60H40N2. The summed E-state index contributed by atoms with van der Waals surface area (Å²) in [5.41, 5.74) is 14.0. The van der Waals surface area contributed by atoms with Crippen LogP contribution in [0.1, 0.15) is 0 Å². The Morgan fingerprint density at radius 1 is 0.274 bits per heavy atom. The molecule has 0 amide bonds. The standard InChI is InChI=1S/C60H40N2/c1-3-13-41(14-4-1)42-27-32-51(33-28-42)61(52-34-29-43(30-35-52)47-31-36-55-49(37-47)26-25-44-15-9-10-22-54(44)55)53-21-11-18-48(38-53)56-23-12-24-58-60(56)57-39-45-16-7-8-17-46(45)40-59(57)62(58)50-19-5-2-6-20-50/h1-40H. The Hall–Kier alpha value is -8.20. The van der Waals surface area contributed by atoms with E-state index in [1.807, 2.05) is 0 Å². The van der Waals surface area contributed by atoms with Crippen LogP contribution in [-0.2, 0) is 0 Å². The van der Waals surface area contributed by atoms with E-state index in [1.54, 1.807) is 0 Å². The lowest BCUT2D eigenvalue weighted by atomic mass is 9.97. The molecule has 0 saturated heterocycles. The highest BCUT2D eigenvalue weighted by molar-refractivity contribution is 6.19. The van der Waals surface area contributed by atoms with Gasteiger partial charge in [-0.2, -0.15) is 0 Å². The number of fused-ring (bicyclic) bond motifs is 7. The molecule has 0 N–H and O–H groups in total. The van der Waals surface area contributed by atoms with Crippen LogP contribution in [0, 0.1) is 0 Å². The lowest BCUT2D eigenvalue weighted by Gasteiger charge is -2.26. The summed E-state index contributed by atoms with van der Waals surface area (Å²) in [6.45, 7) is 0. The van der Waals surface area contributed by atoms with Crippen LogP contribution in [0.15, 0.2) is 243 Å². The summed E-state index contributed by atoms with van der Waals surface area (Å²) in [7, 11) is 0. The number of hydrogen-bond acceptors (Lipinski definition) is 1. The minimum Gasteiger partial charge on any atom is -0.310 e. The zero-order valence-electron chi connectivity index (χ0n) is 34.0. The first-order valence-electron chi connectivity index (χ1n) is 21.3. The largest absolute Gasteiger partial charge is 0.310 e. The van der Waals surface area contributed by atoms with Gasteiger partial charge in [-0.3, -0.25) is 0 Å². The molecule has 290 valence electrons. The maximum absolute atomic E-state index is 2.42. The zero-order valence-corrected chi connectivity index (χ0v) is 34.0. The summed E-state index contributed by atoms with van der Waals surface area (Å²) in [5, 5.41) is 10.0. The molecule has 1 heterocycles. The van der Waals surface area contributed by atoms with Crippen LogP contribution in [0.5, 0.6) is 0 Å². The maximum Gasteiger partial charge on any atom is 0.0547 e. The molecule has 11 aromatic carbocycles. The molecule has 12 aromatic rings. The third-order valence-corrected chi connectivity index (χ3v) is 12.5. The van der Waals surface area contributed by atoms with Gasteiger partial charge in [-0.25, -0.2) is 0 Å². The van der Waals surface area contributed by atoms with Crippen LogP contribution in [0.4, 0.5) is 17.1 Å². The van der Waals surface area contributed by atoms with E-state index in [9.17, 15) is 0 Å². The summed E-state index contributed by atoms with van der Waals surface area (Å²) < 4.78 is 2.42. The highest BCUT2D eigenvalue weighted by atomic mass is 15.1. The lowest BCUT2D eigenvalue weighted by Crippen LogP contribution is -2.10. The minimum absolute atomic E-state index is 1.09. The molecular weight excluding hydrogens is 749 g/mol. The van der Waals surface area contributed by atoms with Crippen molar-refractivity contribution in [2.24, 2.45) is 0 Å². The van der Waals surface area contributed by atoms with Crippen LogP contribution in [0.3, 0.4) is 0 Å². The van der Waals surface area contributed by atoms with E-state index in [4.69, 9.17) is 0 Å². The second kappa shape index (κ2) is 14.8. The number of para-hydroxylation sites is 1. The van der Waals surface area contributed by atoms with E-state index >= 15 is 0 Å². The van der Waals surface area contributed by atoms with Gasteiger partial charge in [-0.1, -0.05) is 170 Å². The van der Waals surface area contributed by atoms with E-state index in [-0.39, 0.29) is 0 Å². The van der Waals surface area contributed by atoms with Crippen molar-refractivity contribution >= 4 is 71.2 Å². The fraction of sp³-hybridized carbons (Fsp3) is 0. The fourth-order valence-corrected chi connectivity index (χ4v) is 9.54. The molecule has 2 heteroatoms. The predicted molar refractivity (Wildman–Crippen MR) is 264 cm³/mol. The molecule has 0 fully saturated rings. The molecule has 62 heavy (non-hydrogen) atoms. The van der Waals surface area contributed by atoms with Crippen LogP contribution in [-0.4, -0.2) is 4.57 Å². The Kier molecular flexibility index (Phi) is 8.53. The topological polar surface area (TPSA) is 8.17 Å². The number of aromatic nitrogens is 1. The Balaban J connectivity index is 0.998. The van der Waals surface area contributed by atoms with Gasteiger partial charge in [-0.05, 0) is 138 Å². The van der Waals surface area contributed by atoms with Crippen molar-refractivity contribution in [3.05, 3.63) is 243 Å². The van der Waals surface area contributed by atoms with Gasteiger partial charge >= 0.3 is 0 Å². The first-order valence-corrected chi connectivity index (χ1v) is 21.3. The molecule has 1 aromatic heterocycles. The quantitative estimate of drug-likeness (QED) is 0.146. The van der Waals surface area contributed by atoms with Crippen molar-refractivity contribution in [3.63, 3.8) is 0 Å². The minimum atomic E-state index is 1.09. The first kappa shape index (κ1) is 35.7. The van der Waals surface area contributed by atoms with Crippen LogP contribution >= 0.6 is 0 Å². The Morgan fingerprint density at radius 3 is 1.60 bits per heavy atom. The molecule has 0 aliphatic heterocycles. The zero-order chi connectivity index (χ0) is 41.0. The molecule has 0 spiro atoms. The van der Waals surface area contributed by atoms with Crippen molar-refractivity contribution in [2.45, 2.75) is 0 Å². The van der Waals surface area contributed by atoms with Crippen molar-refractivity contribution < 1.29 is 0 Å². The molecule has 0 unspecified atom stereocenters. The number of nitrogens with zero attached hydrogens (tertiary/aromatic N) is 2. The van der Waals surface area contributed by atoms with E-state index in [0.717, 1.165) is 22.7 Å². The fourth-order valence-electron chi connectivity index (χ4n) is 9.54. The van der Waals surface area contributed by atoms with Gasteiger partial charge in [0.2, 0.25) is 0 Å². The highest BCUT2D eigenvalue weighted by Gasteiger charge is 2.19.